The first kappa shape index (κ1) is 18.7. The van der Waals surface area contributed by atoms with Gasteiger partial charge >= 0.3 is 0 Å². The van der Waals surface area contributed by atoms with Crippen molar-refractivity contribution in [1.29, 1.82) is 0 Å². The van der Waals surface area contributed by atoms with Gasteiger partial charge in [-0.2, -0.15) is 14.9 Å². The van der Waals surface area contributed by atoms with E-state index in [1.807, 2.05) is 26.0 Å². The Morgan fingerprint density at radius 3 is 2.81 bits per heavy atom. The van der Waals surface area contributed by atoms with Gasteiger partial charge in [0.15, 0.2) is 5.82 Å². The maximum absolute atomic E-state index is 9.97. The molecule has 0 bridgehead atoms. The number of methoxy groups -OCH3 is 1. The van der Waals surface area contributed by atoms with E-state index in [9.17, 15) is 5.11 Å². The van der Waals surface area contributed by atoms with E-state index in [1.165, 1.54) is 16.5 Å². The number of benzene rings is 2. The maximum atomic E-state index is 9.97. The number of nitrogens with zero attached hydrogens (tertiary/aromatic N) is 3. The van der Waals surface area contributed by atoms with Gasteiger partial charge in [-0.3, -0.25) is 0 Å². The first-order valence-corrected chi connectivity index (χ1v) is 8.66. The molecule has 0 aliphatic rings. The minimum absolute atomic E-state index is 0.0858. The molecular formula is C19H20N4O3S. The maximum Gasteiger partial charge on any atom is 0.216 e. The van der Waals surface area contributed by atoms with Crippen LogP contribution in [0.3, 0.4) is 0 Å². The average Bonchev–Trinajstić information content (AvgIpc) is 3.00. The van der Waals surface area contributed by atoms with Gasteiger partial charge in [0.05, 0.1) is 13.3 Å². The zero-order valence-corrected chi connectivity index (χ0v) is 16.1. The van der Waals surface area contributed by atoms with Crippen molar-refractivity contribution < 1.29 is 14.6 Å². The molecule has 1 heterocycles. The molecule has 8 heteroatoms. The first-order chi connectivity index (χ1) is 13.0. The molecule has 0 unspecified atom stereocenters. The van der Waals surface area contributed by atoms with E-state index in [4.69, 9.17) is 21.7 Å². The van der Waals surface area contributed by atoms with Crippen molar-refractivity contribution in [2.75, 3.05) is 7.11 Å². The molecule has 27 heavy (non-hydrogen) atoms. The molecule has 0 aliphatic carbocycles. The molecular weight excluding hydrogens is 364 g/mol. The van der Waals surface area contributed by atoms with Crippen LogP contribution in [0.5, 0.6) is 17.2 Å². The Labute approximate surface area is 161 Å². The van der Waals surface area contributed by atoms with Crippen LogP contribution < -0.4 is 9.47 Å². The summed E-state index contributed by atoms with van der Waals surface area (Å²) >= 11 is 5.23. The fraction of sp³-hybridized carbons (Fsp3) is 0.211. The third kappa shape index (κ3) is 4.35. The fourth-order valence-corrected chi connectivity index (χ4v) is 2.72. The predicted octanol–water partition coefficient (Wildman–Crippen LogP) is 3.73. The Kier molecular flexibility index (Phi) is 5.56. The molecule has 1 aromatic heterocycles. The van der Waals surface area contributed by atoms with Crippen molar-refractivity contribution in [3.05, 3.63) is 63.7 Å². The van der Waals surface area contributed by atoms with E-state index in [-0.39, 0.29) is 12.4 Å². The lowest BCUT2D eigenvalue weighted by Gasteiger charge is -2.09. The van der Waals surface area contributed by atoms with Crippen LogP contribution in [0.15, 0.2) is 41.5 Å². The van der Waals surface area contributed by atoms with E-state index < -0.39 is 0 Å². The number of aryl methyl sites for hydroxylation is 2. The first-order valence-electron chi connectivity index (χ1n) is 8.25. The minimum atomic E-state index is 0.0858. The molecule has 0 spiro atoms. The second-order valence-corrected chi connectivity index (χ2v) is 6.37. The van der Waals surface area contributed by atoms with Crippen LogP contribution in [0.1, 0.15) is 22.5 Å². The second-order valence-electron chi connectivity index (χ2n) is 5.98. The number of rotatable bonds is 6. The fourth-order valence-electron chi connectivity index (χ4n) is 2.52. The number of aromatic hydroxyl groups is 1. The highest BCUT2D eigenvalue weighted by Crippen LogP contribution is 2.22. The average molecular weight is 384 g/mol. The summed E-state index contributed by atoms with van der Waals surface area (Å²) in [6, 6.07) is 10.8. The molecule has 0 saturated carbocycles. The summed E-state index contributed by atoms with van der Waals surface area (Å²) in [6.45, 7) is 4.21. The molecule has 140 valence electrons. The van der Waals surface area contributed by atoms with Gasteiger partial charge in [0.25, 0.3) is 0 Å². The van der Waals surface area contributed by atoms with E-state index >= 15 is 0 Å². The molecule has 0 amide bonds. The summed E-state index contributed by atoms with van der Waals surface area (Å²) in [5.41, 5.74) is 2.71. The monoisotopic (exact) mass is 384 g/mol. The lowest BCUT2D eigenvalue weighted by atomic mass is 10.1. The van der Waals surface area contributed by atoms with Crippen LogP contribution >= 0.6 is 12.2 Å². The number of aromatic nitrogens is 3. The van der Waals surface area contributed by atoms with E-state index in [2.05, 4.69) is 21.4 Å². The van der Waals surface area contributed by atoms with E-state index in [1.54, 1.807) is 25.3 Å². The van der Waals surface area contributed by atoms with Crippen molar-refractivity contribution in [2.45, 2.75) is 20.5 Å². The van der Waals surface area contributed by atoms with Gasteiger partial charge in [0.2, 0.25) is 4.77 Å². The van der Waals surface area contributed by atoms with Crippen molar-refractivity contribution >= 4 is 18.4 Å². The Hall–Kier alpha value is -3.13. The van der Waals surface area contributed by atoms with Crippen LogP contribution in [0.4, 0.5) is 0 Å². The molecule has 0 saturated heterocycles. The highest BCUT2D eigenvalue weighted by Gasteiger charge is 2.08. The van der Waals surface area contributed by atoms with Gasteiger partial charge < -0.3 is 14.6 Å². The number of ether oxygens (including phenoxy) is 2. The summed E-state index contributed by atoms with van der Waals surface area (Å²) in [7, 11) is 1.56. The van der Waals surface area contributed by atoms with E-state index in [0.29, 0.717) is 21.9 Å². The second kappa shape index (κ2) is 8.05. The molecule has 0 radical (unpaired) electrons. The predicted molar refractivity (Wildman–Crippen MR) is 105 cm³/mol. The lowest BCUT2D eigenvalue weighted by molar-refractivity contribution is 0.288. The van der Waals surface area contributed by atoms with Crippen molar-refractivity contribution in [2.24, 2.45) is 5.10 Å². The van der Waals surface area contributed by atoms with Gasteiger partial charge in [0.1, 0.15) is 23.9 Å². The number of nitrogens with one attached hydrogen (secondary N) is 1. The quantitative estimate of drug-likeness (QED) is 0.500. The molecule has 3 rings (SSSR count). The number of phenols is 1. The number of hydrogen-bond acceptors (Lipinski definition) is 6. The molecule has 0 atom stereocenters. The number of aromatic amines is 1. The zero-order chi connectivity index (χ0) is 19.4. The normalized spacial score (nSPS) is 11.1. The minimum Gasteiger partial charge on any atom is -0.507 e. The summed E-state index contributed by atoms with van der Waals surface area (Å²) in [6.07, 6.45) is 1.49. The van der Waals surface area contributed by atoms with Gasteiger partial charge in [-0.25, -0.2) is 5.10 Å². The standard InChI is InChI=1S/C19H20N4O3S/c1-12-4-7-17(13(2)8-12)26-11-18-21-22-19(27)23(18)20-10-14-9-15(25-3)5-6-16(14)24/h4-10,24H,11H2,1-3H3,(H,22,27)/b20-10+. The van der Waals surface area contributed by atoms with Crippen LogP contribution in [0.2, 0.25) is 0 Å². The molecule has 7 nitrogen and oxygen atoms in total. The number of H-pyrrole nitrogens is 1. The lowest BCUT2D eigenvalue weighted by Crippen LogP contribution is -2.05. The Morgan fingerprint density at radius 1 is 1.26 bits per heavy atom. The SMILES string of the molecule is COc1ccc(O)c(/C=N/n2c(COc3ccc(C)cc3C)n[nH]c2=S)c1. The van der Waals surface area contributed by atoms with E-state index in [0.717, 1.165) is 11.3 Å². The van der Waals surface area contributed by atoms with Gasteiger partial charge in [-0.1, -0.05) is 17.7 Å². The highest BCUT2D eigenvalue weighted by atomic mass is 32.1. The molecule has 3 aromatic rings. The Bertz CT molecular complexity index is 1040. The molecule has 0 aliphatic heterocycles. The van der Waals surface area contributed by atoms with Gasteiger partial charge in [0, 0.05) is 5.56 Å². The third-order valence-corrected chi connectivity index (χ3v) is 4.22. The van der Waals surface area contributed by atoms with Crippen LogP contribution in [-0.2, 0) is 6.61 Å². The molecule has 2 N–H and O–H groups in total. The Morgan fingerprint density at radius 2 is 2.07 bits per heavy atom. The van der Waals surface area contributed by atoms with Crippen molar-refractivity contribution in [1.82, 2.24) is 14.9 Å². The molecule has 2 aromatic carbocycles. The van der Waals surface area contributed by atoms with Crippen molar-refractivity contribution in [3.8, 4) is 17.2 Å². The third-order valence-electron chi connectivity index (χ3n) is 3.95. The van der Waals surface area contributed by atoms with Crippen molar-refractivity contribution in [3.63, 3.8) is 0 Å². The van der Waals surface area contributed by atoms with Crippen LogP contribution in [-0.4, -0.2) is 33.3 Å². The van der Waals surface area contributed by atoms with Crippen LogP contribution in [0.25, 0.3) is 0 Å². The molecule has 0 fully saturated rings. The largest absolute Gasteiger partial charge is 0.507 e. The van der Waals surface area contributed by atoms with Crippen LogP contribution in [0, 0.1) is 18.6 Å². The summed E-state index contributed by atoms with van der Waals surface area (Å²) < 4.78 is 12.8. The highest BCUT2D eigenvalue weighted by molar-refractivity contribution is 7.71. The summed E-state index contributed by atoms with van der Waals surface area (Å²) in [4.78, 5) is 0. The smallest absolute Gasteiger partial charge is 0.216 e. The zero-order valence-electron chi connectivity index (χ0n) is 15.3. The number of phenolic OH excluding ortho intramolecular Hbond substituents is 1. The summed E-state index contributed by atoms with van der Waals surface area (Å²) in [5.74, 6) is 1.99. The topological polar surface area (TPSA) is 84.7 Å². The summed E-state index contributed by atoms with van der Waals surface area (Å²) in [5, 5.41) is 21.2. The van der Waals surface area contributed by atoms with Gasteiger partial charge in [-0.05, 0) is 55.9 Å². The Balaban J connectivity index is 1.81. The number of hydrogen-bond donors (Lipinski definition) is 2. The van der Waals surface area contributed by atoms with Gasteiger partial charge in [-0.15, -0.1) is 0 Å².